The third kappa shape index (κ3) is 7.02. The number of carboxylic acids is 1. The molecule has 4 aromatic rings. The Hall–Kier alpha value is -4.48. The summed E-state index contributed by atoms with van der Waals surface area (Å²) in [7, 11) is 0. The molecule has 252 valence electrons. The van der Waals surface area contributed by atoms with Gasteiger partial charge in [0.15, 0.2) is 6.10 Å². The van der Waals surface area contributed by atoms with E-state index in [1.165, 1.54) is 5.56 Å². The van der Waals surface area contributed by atoms with E-state index < -0.39 is 17.7 Å². The quantitative estimate of drug-likeness (QED) is 0.235. The summed E-state index contributed by atoms with van der Waals surface area (Å²) < 4.78 is 6.23. The number of anilines is 2. The molecule has 0 aliphatic carbocycles. The Bertz CT molecular complexity index is 1800. The van der Waals surface area contributed by atoms with Gasteiger partial charge in [0.1, 0.15) is 5.69 Å². The lowest BCUT2D eigenvalue weighted by Gasteiger charge is -2.41. The lowest BCUT2D eigenvalue weighted by Crippen LogP contribution is -2.39. The first kappa shape index (κ1) is 33.4. The first-order valence-corrected chi connectivity index (χ1v) is 16.6. The van der Waals surface area contributed by atoms with Crippen LogP contribution in [0.1, 0.15) is 81.6 Å². The van der Waals surface area contributed by atoms with Gasteiger partial charge in [-0.25, -0.2) is 14.8 Å². The smallest absolute Gasteiger partial charge is 0.337 e. The van der Waals surface area contributed by atoms with Crippen LogP contribution in [0.5, 0.6) is 0 Å². The number of aliphatic carboxylic acids is 1. The number of pyridine rings is 1. The van der Waals surface area contributed by atoms with Gasteiger partial charge in [0.2, 0.25) is 5.95 Å². The molecule has 1 saturated heterocycles. The van der Waals surface area contributed by atoms with E-state index in [2.05, 4.69) is 56.8 Å². The summed E-state index contributed by atoms with van der Waals surface area (Å²) in [4.78, 5) is 40.0. The number of aromatic nitrogens is 5. The molecule has 1 aromatic carbocycles. The van der Waals surface area contributed by atoms with Crippen LogP contribution in [0.3, 0.4) is 0 Å². The number of aliphatic hydroxyl groups is 1. The highest BCUT2D eigenvalue weighted by Gasteiger charge is 2.37. The minimum Gasteiger partial charge on any atom is -0.479 e. The molecule has 5 heterocycles. The number of rotatable bonds is 8. The largest absolute Gasteiger partial charge is 0.479 e. The fourth-order valence-corrected chi connectivity index (χ4v) is 6.70. The Kier molecular flexibility index (Phi) is 9.19. The van der Waals surface area contributed by atoms with Crippen LogP contribution in [0.4, 0.5) is 11.6 Å². The third-order valence-electron chi connectivity index (χ3n) is 9.27. The van der Waals surface area contributed by atoms with Crippen molar-refractivity contribution in [2.45, 2.75) is 85.7 Å². The molecule has 48 heavy (non-hydrogen) atoms. The van der Waals surface area contributed by atoms with Gasteiger partial charge < -0.3 is 24.7 Å². The molecule has 0 saturated carbocycles. The number of hydrogen-bond acceptors (Lipinski definition) is 10. The minimum atomic E-state index is -1.22. The maximum absolute atomic E-state index is 12.9. The van der Waals surface area contributed by atoms with Gasteiger partial charge in [-0.3, -0.25) is 15.0 Å². The zero-order valence-corrected chi connectivity index (χ0v) is 28.7. The Labute approximate surface area is 282 Å². The van der Waals surface area contributed by atoms with Crippen LogP contribution < -0.4 is 9.80 Å². The van der Waals surface area contributed by atoms with E-state index in [-0.39, 0.29) is 12.0 Å². The highest BCUT2D eigenvalue weighted by molar-refractivity contribution is 5.88. The van der Waals surface area contributed by atoms with Crippen molar-refractivity contribution in [3.05, 3.63) is 77.1 Å². The lowest BCUT2D eigenvalue weighted by atomic mass is 9.81. The molecule has 0 bridgehead atoms. The number of benzene rings is 1. The standard InChI is InChI=1S/C37H45N7O4/c1-23-30(33(34(46)47)48-36(2,3)4)32(43-17-11-37(5,6)12-18-43)31(29(22-45)41-23)25-7-8-26-21-44(16-10-24(26)19-25)35-40-13-9-27(42-35)28-20-38-14-15-39-28/h7-9,13-15,19-20,33,45H,10-12,16-18,21-22H2,1-6H3,(H,46,47)/t33-/m0/s1. The summed E-state index contributed by atoms with van der Waals surface area (Å²) in [5.74, 6) is -0.427. The summed E-state index contributed by atoms with van der Waals surface area (Å²) >= 11 is 0. The van der Waals surface area contributed by atoms with Gasteiger partial charge in [0.25, 0.3) is 0 Å². The SMILES string of the molecule is Cc1nc(CO)c(-c2ccc3c(c2)CCN(c2nccc(-c4cnccn4)n2)C3)c(N2CCC(C)(C)CC2)c1[C@H](OC(C)(C)C)C(=O)O. The Morgan fingerprint density at radius 2 is 1.75 bits per heavy atom. The van der Waals surface area contributed by atoms with E-state index in [1.807, 2.05) is 33.8 Å². The molecule has 11 nitrogen and oxygen atoms in total. The third-order valence-corrected chi connectivity index (χ3v) is 9.27. The maximum atomic E-state index is 12.9. The number of carbonyl (C=O) groups is 1. The lowest BCUT2D eigenvalue weighted by molar-refractivity contribution is -0.160. The average molecular weight is 652 g/mol. The second-order valence-electron chi connectivity index (χ2n) is 14.5. The monoisotopic (exact) mass is 651 g/mol. The van der Waals surface area contributed by atoms with Crippen molar-refractivity contribution >= 4 is 17.6 Å². The van der Waals surface area contributed by atoms with E-state index in [1.54, 1.807) is 24.8 Å². The zero-order chi connectivity index (χ0) is 34.2. The fourth-order valence-electron chi connectivity index (χ4n) is 6.70. The predicted octanol–water partition coefficient (Wildman–Crippen LogP) is 5.93. The fraction of sp³-hybridized carbons (Fsp3) is 0.459. The molecular weight excluding hydrogens is 606 g/mol. The maximum Gasteiger partial charge on any atom is 0.337 e. The summed E-state index contributed by atoms with van der Waals surface area (Å²) in [5.41, 5.74) is 7.34. The van der Waals surface area contributed by atoms with E-state index in [0.717, 1.165) is 67.0 Å². The average Bonchev–Trinajstić information content (AvgIpc) is 3.06. The molecule has 1 fully saturated rings. The minimum absolute atomic E-state index is 0.183. The van der Waals surface area contributed by atoms with Crippen molar-refractivity contribution in [2.24, 2.45) is 5.41 Å². The van der Waals surface area contributed by atoms with Crippen LogP contribution in [-0.4, -0.2) is 66.3 Å². The number of hydrogen-bond donors (Lipinski definition) is 2. The van der Waals surface area contributed by atoms with Crippen molar-refractivity contribution in [2.75, 3.05) is 29.4 Å². The molecule has 3 aromatic heterocycles. The van der Waals surface area contributed by atoms with Crippen molar-refractivity contribution < 1.29 is 19.7 Å². The highest BCUT2D eigenvalue weighted by Crippen LogP contribution is 2.45. The summed E-state index contributed by atoms with van der Waals surface area (Å²) in [6.45, 7) is 14.6. The Morgan fingerprint density at radius 1 is 0.979 bits per heavy atom. The molecule has 0 spiro atoms. The first-order valence-electron chi connectivity index (χ1n) is 16.6. The van der Waals surface area contributed by atoms with Crippen molar-refractivity contribution in [3.63, 3.8) is 0 Å². The van der Waals surface area contributed by atoms with Crippen molar-refractivity contribution in [3.8, 4) is 22.5 Å². The number of nitrogens with zero attached hydrogens (tertiary/aromatic N) is 7. The van der Waals surface area contributed by atoms with E-state index in [4.69, 9.17) is 14.7 Å². The molecule has 2 aliphatic rings. The van der Waals surface area contributed by atoms with E-state index in [9.17, 15) is 15.0 Å². The molecule has 2 aliphatic heterocycles. The van der Waals surface area contributed by atoms with Crippen LogP contribution in [0.2, 0.25) is 0 Å². The number of piperidine rings is 1. The van der Waals surface area contributed by atoms with Crippen LogP contribution in [0.25, 0.3) is 22.5 Å². The van der Waals surface area contributed by atoms with Crippen molar-refractivity contribution in [1.29, 1.82) is 0 Å². The summed E-state index contributed by atoms with van der Waals surface area (Å²) in [6, 6.07) is 8.19. The Balaban J connectivity index is 1.42. The van der Waals surface area contributed by atoms with E-state index >= 15 is 0 Å². The molecule has 0 radical (unpaired) electrons. The molecule has 2 N–H and O–H groups in total. The van der Waals surface area contributed by atoms with Crippen LogP contribution in [0, 0.1) is 12.3 Å². The summed E-state index contributed by atoms with van der Waals surface area (Å²) in [6.07, 6.45) is 8.19. The van der Waals surface area contributed by atoms with E-state index in [0.29, 0.717) is 35.1 Å². The number of ether oxygens (including phenoxy) is 1. The number of aryl methyl sites for hydroxylation is 1. The van der Waals surface area contributed by atoms with Gasteiger partial charge in [0.05, 0.1) is 35.5 Å². The Morgan fingerprint density at radius 3 is 2.42 bits per heavy atom. The highest BCUT2D eigenvalue weighted by atomic mass is 16.5. The predicted molar refractivity (Wildman–Crippen MR) is 185 cm³/mol. The van der Waals surface area contributed by atoms with Gasteiger partial charge in [-0.1, -0.05) is 32.0 Å². The van der Waals surface area contributed by atoms with Gasteiger partial charge in [0, 0.05) is 61.6 Å². The van der Waals surface area contributed by atoms with Crippen LogP contribution in [0.15, 0.2) is 49.1 Å². The molecular formula is C37H45N7O4. The van der Waals surface area contributed by atoms with Gasteiger partial charge >= 0.3 is 5.97 Å². The number of carboxylic acid groups (broad SMARTS) is 1. The second kappa shape index (κ2) is 13.2. The molecule has 0 unspecified atom stereocenters. The van der Waals surface area contributed by atoms with Crippen LogP contribution in [-0.2, 0) is 29.1 Å². The second-order valence-corrected chi connectivity index (χ2v) is 14.5. The summed E-state index contributed by atoms with van der Waals surface area (Å²) in [5, 5.41) is 21.2. The normalized spacial score (nSPS) is 16.8. The molecule has 0 amide bonds. The van der Waals surface area contributed by atoms with Crippen LogP contribution >= 0.6 is 0 Å². The van der Waals surface area contributed by atoms with Gasteiger partial charge in [-0.2, -0.15) is 0 Å². The van der Waals surface area contributed by atoms with Crippen molar-refractivity contribution in [1.82, 2.24) is 24.9 Å². The first-order chi connectivity index (χ1) is 22.8. The molecule has 1 atom stereocenters. The van der Waals surface area contributed by atoms with Gasteiger partial charge in [-0.05, 0) is 75.1 Å². The molecule has 11 heteroatoms. The molecule has 6 rings (SSSR count). The number of aliphatic hydroxyl groups excluding tert-OH is 1. The van der Waals surface area contributed by atoms with Gasteiger partial charge in [-0.15, -0.1) is 0 Å². The zero-order valence-electron chi connectivity index (χ0n) is 28.7. The number of fused-ring (bicyclic) bond motifs is 1. The topological polar surface area (TPSA) is 138 Å².